The minimum Gasteiger partial charge on any atom is -0.496 e. The number of rotatable bonds is 8. The molecule has 0 atom stereocenters. The third-order valence-electron chi connectivity index (χ3n) is 3.60. The van der Waals surface area contributed by atoms with E-state index in [0.29, 0.717) is 6.54 Å². The van der Waals surface area contributed by atoms with E-state index in [2.05, 4.69) is 44.2 Å². The van der Waals surface area contributed by atoms with E-state index in [9.17, 15) is 0 Å². The summed E-state index contributed by atoms with van der Waals surface area (Å²) in [5.41, 5.74) is 1.06. The van der Waals surface area contributed by atoms with Gasteiger partial charge in [-0.2, -0.15) is 0 Å². The molecule has 130 valence electrons. The normalized spacial score (nSPS) is 11.4. The van der Waals surface area contributed by atoms with E-state index >= 15 is 0 Å². The van der Waals surface area contributed by atoms with Gasteiger partial charge in [0, 0.05) is 31.6 Å². The highest BCUT2D eigenvalue weighted by molar-refractivity contribution is 5.79. The van der Waals surface area contributed by atoms with E-state index in [0.717, 1.165) is 49.2 Å². The van der Waals surface area contributed by atoms with Crippen molar-refractivity contribution in [2.75, 3.05) is 20.2 Å². The Kier molecular flexibility index (Phi) is 7.07. The molecule has 0 aliphatic rings. The molecule has 7 nitrogen and oxygen atoms in total. The molecule has 0 unspecified atom stereocenters. The summed E-state index contributed by atoms with van der Waals surface area (Å²) in [6.45, 7) is 7.05. The van der Waals surface area contributed by atoms with Crippen LogP contribution in [0.3, 0.4) is 0 Å². The van der Waals surface area contributed by atoms with Gasteiger partial charge in [-0.05, 0) is 13.0 Å². The third kappa shape index (κ3) is 4.97. The Bertz CT molecular complexity index is 652. The van der Waals surface area contributed by atoms with E-state index in [1.54, 1.807) is 13.4 Å². The fraction of sp³-hybridized carbons (Fsp3) is 0.471. The number of nitrogens with one attached hydrogen (secondary N) is 2. The van der Waals surface area contributed by atoms with Crippen molar-refractivity contribution < 1.29 is 4.74 Å². The SMILES string of the molecule is CCNC(=NCc1ccccc1OC)NCCn1cnnc1CC. The number of aliphatic imine (C=N–C) groups is 1. The lowest BCUT2D eigenvalue weighted by molar-refractivity contribution is 0.410. The summed E-state index contributed by atoms with van der Waals surface area (Å²) in [4.78, 5) is 4.63. The number of ether oxygens (including phenoxy) is 1. The molecule has 0 amide bonds. The summed E-state index contributed by atoms with van der Waals surface area (Å²) in [7, 11) is 1.68. The number of benzene rings is 1. The summed E-state index contributed by atoms with van der Waals surface area (Å²) >= 11 is 0. The topological polar surface area (TPSA) is 76.4 Å². The van der Waals surface area contributed by atoms with E-state index in [4.69, 9.17) is 4.74 Å². The molecule has 2 rings (SSSR count). The molecule has 0 saturated heterocycles. The lowest BCUT2D eigenvalue weighted by Gasteiger charge is -2.13. The summed E-state index contributed by atoms with van der Waals surface area (Å²) in [5.74, 6) is 2.64. The Balaban J connectivity index is 1.93. The average Bonchev–Trinajstić information content (AvgIpc) is 3.07. The number of aryl methyl sites for hydroxylation is 1. The van der Waals surface area contributed by atoms with Crippen molar-refractivity contribution in [2.45, 2.75) is 33.4 Å². The highest BCUT2D eigenvalue weighted by Crippen LogP contribution is 2.17. The van der Waals surface area contributed by atoms with Crippen molar-refractivity contribution in [1.82, 2.24) is 25.4 Å². The second-order valence-electron chi connectivity index (χ2n) is 5.23. The Morgan fingerprint density at radius 3 is 2.83 bits per heavy atom. The Morgan fingerprint density at radius 2 is 2.08 bits per heavy atom. The minimum atomic E-state index is 0.562. The number of nitrogens with zero attached hydrogens (tertiary/aromatic N) is 4. The van der Waals surface area contributed by atoms with Crippen LogP contribution in [0.2, 0.25) is 0 Å². The Labute approximate surface area is 143 Å². The van der Waals surface area contributed by atoms with Crippen LogP contribution in [0.1, 0.15) is 25.2 Å². The molecule has 2 N–H and O–H groups in total. The molecule has 0 spiro atoms. The van der Waals surface area contributed by atoms with Crippen molar-refractivity contribution in [3.8, 4) is 5.75 Å². The number of para-hydroxylation sites is 1. The van der Waals surface area contributed by atoms with Gasteiger partial charge in [-0.1, -0.05) is 25.1 Å². The number of hydrogen-bond donors (Lipinski definition) is 2. The van der Waals surface area contributed by atoms with Gasteiger partial charge in [0.2, 0.25) is 0 Å². The van der Waals surface area contributed by atoms with Gasteiger partial charge >= 0.3 is 0 Å². The molecule has 0 aliphatic heterocycles. The smallest absolute Gasteiger partial charge is 0.191 e. The summed E-state index contributed by atoms with van der Waals surface area (Å²) in [6.07, 6.45) is 2.64. The lowest BCUT2D eigenvalue weighted by atomic mass is 10.2. The second kappa shape index (κ2) is 9.54. The molecule has 7 heteroatoms. The number of guanidine groups is 1. The minimum absolute atomic E-state index is 0.562. The predicted molar refractivity (Wildman–Crippen MR) is 95.2 cm³/mol. The molecule has 0 fully saturated rings. The fourth-order valence-corrected chi connectivity index (χ4v) is 2.37. The van der Waals surface area contributed by atoms with Gasteiger partial charge in [0.1, 0.15) is 17.9 Å². The molecule has 0 radical (unpaired) electrons. The third-order valence-corrected chi connectivity index (χ3v) is 3.60. The van der Waals surface area contributed by atoms with Crippen LogP contribution in [0.4, 0.5) is 0 Å². The molecule has 1 aromatic heterocycles. The largest absolute Gasteiger partial charge is 0.496 e. The monoisotopic (exact) mass is 330 g/mol. The second-order valence-corrected chi connectivity index (χ2v) is 5.23. The molecule has 0 saturated carbocycles. The Morgan fingerprint density at radius 1 is 1.25 bits per heavy atom. The van der Waals surface area contributed by atoms with Crippen molar-refractivity contribution in [3.05, 3.63) is 42.0 Å². The van der Waals surface area contributed by atoms with Crippen LogP contribution < -0.4 is 15.4 Å². The molecule has 0 aliphatic carbocycles. The average molecular weight is 330 g/mol. The van der Waals surface area contributed by atoms with Crippen LogP contribution in [-0.4, -0.2) is 40.9 Å². The number of aromatic nitrogens is 3. The van der Waals surface area contributed by atoms with Gasteiger partial charge < -0.3 is 19.9 Å². The number of hydrogen-bond acceptors (Lipinski definition) is 4. The molecular formula is C17H26N6O. The fourth-order valence-electron chi connectivity index (χ4n) is 2.37. The first-order valence-electron chi connectivity index (χ1n) is 8.29. The summed E-state index contributed by atoms with van der Waals surface area (Å²) in [6, 6.07) is 7.92. The van der Waals surface area contributed by atoms with E-state index in [1.165, 1.54) is 0 Å². The van der Waals surface area contributed by atoms with E-state index in [-0.39, 0.29) is 0 Å². The lowest BCUT2D eigenvalue weighted by Crippen LogP contribution is -2.38. The van der Waals surface area contributed by atoms with Gasteiger partial charge in [-0.15, -0.1) is 10.2 Å². The molecule has 1 heterocycles. The van der Waals surface area contributed by atoms with Crippen molar-refractivity contribution in [3.63, 3.8) is 0 Å². The van der Waals surface area contributed by atoms with Crippen molar-refractivity contribution in [1.29, 1.82) is 0 Å². The molecule has 24 heavy (non-hydrogen) atoms. The van der Waals surface area contributed by atoms with Gasteiger partial charge in [0.25, 0.3) is 0 Å². The van der Waals surface area contributed by atoms with Crippen molar-refractivity contribution >= 4 is 5.96 Å². The molecule has 2 aromatic rings. The molecule has 1 aromatic carbocycles. The summed E-state index contributed by atoms with van der Waals surface area (Å²) < 4.78 is 7.42. The predicted octanol–water partition coefficient (Wildman–Crippen LogP) is 1.60. The van der Waals surface area contributed by atoms with Gasteiger partial charge in [-0.3, -0.25) is 0 Å². The van der Waals surface area contributed by atoms with Crippen LogP contribution in [0.25, 0.3) is 0 Å². The van der Waals surface area contributed by atoms with E-state index in [1.807, 2.05) is 24.3 Å². The highest BCUT2D eigenvalue weighted by Gasteiger charge is 2.04. The van der Waals surface area contributed by atoms with Crippen LogP contribution >= 0.6 is 0 Å². The summed E-state index contributed by atoms with van der Waals surface area (Å²) in [5, 5.41) is 14.6. The quantitative estimate of drug-likeness (QED) is 0.568. The van der Waals surface area contributed by atoms with Crippen LogP contribution in [0.5, 0.6) is 5.75 Å². The first kappa shape index (κ1) is 17.8. The maximum atomic E-state index is 5.37. The maximum Gasteiger partial charge on any atom is 0.191 e. The zero-order valence-corrected chi connectivity index (χ0v) is 14.6. The van der Waals surface area contributed by atoms with Gasteiger partial charge in [0.15, 0.2) is 5.96 Å². The zero-order chi connectivity index (χ0) is 17.2. The first-order chi connectivity index (χ1) is 11.8. The van der Waals surface area contributed by atoms with E-state index < -0.39 is 0 Å². The van der Waals surface area contributed by atoms with Gasteiger partial charge in [-0.25, -0.2) is 4.99 Å². The van der Waals surface area contributed by atoms with Crippen LogP contribution in [-0.2, 0) is 19.5 Å². The first-order valence-corrected chi connectivity index (χ1v) is 8.29. The van der Waals surface area contributed by atoms with Gasteiger partial charge in [0.05, 0.1) is 13.7 Å². The van der Waals surface area contributed by atoms with Crippen LogP contribution in [0.15, 0.2) is 35.6 Å². The Hall–Kier alpha value is -2.57. The number of methoxy groups -OCH3 is 1. The molecular weight excluding hydrogens is 304 g/mol. The standard InChI is InChI=1S/C17H26N6O/c1-4-16-22-21-13-23(16)11-10-19-17(18-5-2)20-12-14-8-6-7-9-15(14)24-3/h6-9,13H,4-5,10-12H2,1-3H3,(H2,18,19,20). The van der Waals surface area contributed by atoms with Crippen molar-refractivity contribution in [2.24, 2.45) is 4.99 Å². The van der Waals surface area contributed by atoms with Crippen LogP contribution in [0, 0.1) is 0 Å². The molecule has 0 bridgehead atoms. The zero-order valence-electron chi connectivity index (χ0n) is 14.6. The maximum absolute atomic E-state index is 5.37. The highest BCUT2D eigenvalue weighted by atomic mass is 16.5.